The molecule has 5 nitrogen and oxygen atoms in total. The van der Waals surface area contributed by atoms with Crippen LogP contribution in [-0.2, 0) is 7.05 Å². The van der Waals surface area contributed by atoms with Gasteiger partial charge in [0.1, 0.15) is 0 Å². The molecule has 0 aromatic carbocycles. The molecule has 16 heavy (non-hydrogen) atoms. The molecule has 0 bridgehead atoms. The molecular weight excluding hydrogens is 206 g/mol. The molecule has 1 aromatic heterocycles. The number of nitrogens with one attached hydrogen (secondary N) is 2. The van der Waals surface area contributed by atoms with E-state index in [0.717, 1.165) is 19.5 Å². The molecule has 1 aliphatic heterocycles. The highest BCUT2D eigenvalue weighted by molar-refractivity contribution is 5.94. The Balaban J connectivity index is 2.08. The molecule has 2 rings (SSSR count). The van der Waals surface area contributed by atoms with E-state index in [0.29, 0.717) is 5.56 Å². The SMILES string of the molecule is Cn1ccc(C(=O)N[C@H]2CCNC2)cc1=O. The number of amides is 1. The van der Waals surface area contributed by atoms with Crippen molar-refractivity contribution in [1.82, 2.24) is 15.2 Å². The molecule has 1 saturated heterocycles. The molecule has 0 saturated carbocycles. The van der Waals surface area contributed by atoms with E-state index in [1.807, 2.05) is 0 Å². The lowest BCUT2D eigenvalue weighted by Crippen LogP contribution is -2.36. The van der Waals surface area contributed by atoms with Gasteiger partial charge in [0.05, 0.1) is 0 Å². The van der Waals surface area contributed by atoms with Gasteiger partial charge in [-0.25, -0.2) is 0 Å². The molecule has 1 amide bonds. The Labute approximate surface area is 93.5 Å². The summed E-state index contributed by atoms with van der Waals surface area (Å²) < 4.78 is 1.44. The Kier molecular flexibility index (Phi) is 3.05. The fourth-order valence-electron chi connectivity index (χ4n) is 1.74. The Morgan fingerprint density at radius 2 is 2.44 bits per heavy atom. The van der Waals surface area contributed by atoms with Crippen molar-refractivity contribution in [3.8, 4) is 0 Å². The van der Waals surface area contributed by atoms with Crippen LogP contribution in [0.15, 0.2) is 23.1 Å². The van der Waals surface area contributed by atoms with Gasteiger partial charge in [0.2, 0.25) is 0 Å². The number of hydrogen-bond acceptors (Lipinski definition) is 3. The second-order valence-electron chi connectivity index (χ2n) is 4.03. The standard InChI is InChI=1S/C11H15N3O2/c1-14-5-3-8(6-10(14)15)11(16)13-9-2-4-12-7-9/h3,5-6,9,12H,2,4,7H2,1H3,(H,13,16)/t9-/m0/s1. The van der Waals surface area contributed by atoms with E-state index in [1.54, 1.807) is 19.3 Å². The molecule has 0 spiro atoms. The first-order valence-electron chi connectivity index (χ1n) is 5.35. The van der Waals surface area contributed by atoms with Crippen LogP contribution in [0, 0.1) is 0 Å². The van der Waals surface area contributed by atoms with Crippen LogP contribution in [0.2, 0.25) is 0 Å². The fourth-order valence-corrected chi connectivity index (χ4v) is 1.74. The minimum atomic E-state index is -0.175. The van der Waals surface area contributed by atoms with Gasteiger partial charge in [-0.1, -0.05) is 0 Å². The molecule has 0 radical (unpaired) electrons. The van der Waals surface area contributed by atoms with Crippen LogP contribution in [0.4, 0.5) is 0 Å². The molecular formula is C11H15N3O2. The monoisotopic (exact) mass is 221 g/mol. The highest BCUT2D eigenvalue weighted by Gasteiger charge is 2.17. The zero-order valence-electron chi connectivity index (χ0n) is 9.19. The molecule has 2 heterocycles. The molecule has 86 valence electrons. The van der Waals surface area contributed by atoms with Crippen molar-refractivity contribution < 1.29 is 4.79 Å². The summed E-state index contributed by atoms with van der Waals surface area (Å²) in [6.07, 6.45) is 2.54. The van der Waals surface area contributed by atoms with Crippen LogP contribution >= 0.6 is 0 Å². The van der Waals surface area contributed by atoms with E-state index in [1.165, 1.54) is 10.6 Å². The van der Waals surface area contributed by atoms with Crippen molar-refractivity contribution >= 4 is 5.91 Å². The first kappa shape index (κ1) is 10.9. The molecule has 1 aliphatic rings. The average molecular weight is 221 g/mol. The Morgan fingerprint density at radius 1 is 1.62 bits per heavy atom. The molecule has 0 unspecified atom stereocenters. The fraction of sp³-hybridized carbons (Fsp3) is 0.455. The molecule has 2 N–H and O–H groups in total. The van der Waals surface area contributed by atoms with Gasteiger partial charge < -0.3 is 15.2 Å². The molecule has 1 fully saturated rings. The minimum Gasteiger partial charge on any atom is -0.348 e. The van der Waals surface area contributed by atoms with Crippen LogP contribution < -0.4 is 16.2 Å². The van der Waals surface area contributed by atoms with E-state index >= 15 is 0 Å². The van der Waals surface area contributed by atoms with Crippen LogP contribution in [0.5, 0.6) is 0 Å². The first-order chi connectivity index (χ1) is 7.66. The molecule has 1 atom stereocenters. The van der Waals surface area contributed by atoms with Gasteiger partial charge in [-0.3, -0.25) is 9.59 Å². The molecule has 0 aliphatic carbocycles. The van der Waals surface area contributed by atoms with Crippen LogP contribution in [0.1, 0.15) is 16.8 Å². The number of aryl methyl sites for hydroxylation is 1. The number of hydrogen-bond donors (Lipinski definition) is 2. The van der Waals surface area contributed by atoms with E-state index in [2.05, 4.69) is 10.6 Å². The van der Waals surface area contributed by atoms with E-state index in [9.17, 15) is 9.59 Å². The third-order valence-corrected chi connectivity index (χ3v) is 2.76. The third kappa shape index (κ3) is 2.30. The van der Waals surface area contributed by atoms with E-state index < -0.39 is 0 Å². The van der Waals surface area contributed by atoms with Gasteiger partial charge in [-0.15, -0.1) is 0 Å². The van der Waals surface area contributed by atoms with E-state index in [4.69, 9.17) is 0 Å². The lowest BCUT2D eigenvalue weighted by Gasteiger charge is -2.11. The number of rotatable bonds is 2. The maximum absolute atomic E-state index is 11.8. The molecule has 1 aromatic rings. The number of carbonyl (C=O) groups is 1. The Hall–Kier alpha value is -1.62. The summed E-state index contributed by atoms with van der Waals surface area (Å²) in [6, 6.07) is 3.19. The topological polar surface area (TPSA) is 63.1 Å². The summed E-state index contributed by atoms with van der Waals surface area (Å²) >= 11 is 0. The summed E-state index contributed by atoms with van der Waals surface area (Å²) in [5.41, 5.74) is 0.257. The van der Waals surface area contributed by atoms with Gasteiger partial charge >= 0.3 is 0 Å². The minimum absolute atomic E-state index is 0.169. The zero-order valence-corrected chi connectivity index (χ0v) is 9.19. The van der Waals surface area contributed by atoms with Gasteiger partial charge in [0.15, 0.2) is 0 Å². The van der Waals surface area contributed by atoms with Crippen molar-refractivity contribution in [3.05, 3.63) is 34.2 Å². The predicted molar refractivity (Wildman–Crippen MR) is 60.4 cm³/mol. The second kappa shape index (κ2) is 4.49. The number of pyridine rings is 1. The number of aromatic nitrogens is 1. The zero-order chi connectivity index (χ0) is 11.5. The number of nitrogens with zero attached hydrogens (tertiary/aromatic N) is 1. The third-order valence-electron chi connectivity index (χ3n) is 2.76. The Bertz CT molecular complexity index is 447. The number of carbonyl (C=O) groups excluding carboxylic acids is 1. The van der Waals surface area contributed by atoms with Crippen LogP contribution in [0.3, 0.4) is 0 Å². The van der Waals surface area contributed by atoms with E-state index in [-0.39, 0.29) is 17.5 Å². The summed E-state index contributed by atoms with van der Waals surface area (Å²) in [7, 11) is 1.66. The quantitative estimate of drug-likeness (QED) is 0.706. The van der Waals surface area contributed by atoms with Gasteiger partial charge in [-0.05, 0) is 19.0 Å². The van der Waals surface area contributed by atoms with Crippen molar-refractivity contribution in [2.75, 3.05) is 13.1 Å². The largest absolute Gasteiger partial charge is 0.348 e. The van der Waals surface area contributed by atoms with Crippen molar-refractivity contribution in [2.45, 2.75) is 12.5 Å². The van der Waals surface area contributed by atoms with Crippen molar-refractivity contribution in [3.63, 3.8) is 0 Å². The summed E-state index contributed by atoms with van der Waals surface area (Å²) in [5, 5.41) is 6.06. The smallest absolute Gasteiger partial charge is 0.251 e. The normalized spacial score (nSPS) is 19.7. The first-order valence-corrected chi connectivity index (χ1v) is 5.35. The summed E-state index contributed by atoms with van der Waals surface area (Å²) in [4.78, 5) is 23.1. The highest BCUT2D eigenvalue weighted by atomic mass is 16.2. The van der Waals surface area contributed by atoms with Crippen molar-refractivity contribution in [1.29, 1.82) is 0 Å². The lowest BCUT2D eigenvalue weighted by atomic mass is 10.2. The second-order valence-corrected chi connectivity index (χ2v) is 4.03. The molecule has 5 heteroatoms. The van der Waals surface area contributed by atoms with Gasteiger partial charge in [-0.2, -0.15) is 0 Å². The van der Waals surface area contributed by atoms with Gasteiger partial charge in [0, 0.05) is 37.5 Å². The lowest BCUT2D eigenvalue weighted by molar-refractivity contribution is 0.0940. The summed E-state index contributed by atoms with van der Waals surface area (Å²) in [6.45, 7) is 1.73. The summed E-state index contributed by atoms with van der Waals surface area (Å²) in [5.74, 6) is -0.175. The average Bonchev–Trinajstić information content (AvgIpc) is 2.74. The maximum atomic E-state index is 11.8. The van der Waals surface area contributed by atoms with Crippen LogP contribution in [0.25, 0.3) is 0 Å². The van der Waals surface area contributed by atoms with Crippen LogP contribution in [-0.4, -0.2) is 29.6 Å². The van der Waals surface area contributed by atoms with Gasteiger partial charge in [0.25, 0.3) is 11.5 Å². The van der Waals surface area contributed by atoms with Crippen molar-refractivity contribution in [2.24, 2.45) is 7.05 Å². The predicted octanol–water partition coefficient (Wildman–Crippen LogP) is -0.523. The maximum Gasteiger partial charge on any atom is 0.251 e. The highest BCUT2D eigenvalue weighted by Crippen LogP contribution is 2.00. The Morgan fingerprint density at radius 3 is 3.06 bits per heavy atom.